The molecule has 16 heavy (non-hydrogen) atoms. The smallest absolute Gasteiger partial charge is 0.346 e. The number of carboxylic acid groups (broad SMARTS) is 1. The first-order valence-corrected chi connectivity index (χ1v) is 5.04. The van der Waals surface area contributed by atoms with Gasteiger partial charge < -0.3 is 15.2 Å². The van der Waals surface area contributed by atoms with E-state index in [0.717, 1.165) is 12.8 Å². The number of carboxylic acids is 1. The van der Waals surface area contributed by atoms with Crippen LogP contribution in [-0.2, 0) is 24.2 Å². The molecule has 0 aromatic carbocycles. The number of hydrogen-bond donors (Lipinski definition) is 1. The zero-order chi connectivity index (χ0) is 11.7. The zero-order valence-electron chi connectivity index (χ0n) is 8.55. The Morgan fingerprint density at radius 2 is 2.31 bits per heavy atom. The molecule has 86 valence electrons. The molecular formula is C9H11N3O4. The van der Waals surface area contributed by atoms with Crippen LogP contribution in [0.1, 0.15) is 24.4 Å². The molecule has 0 saturated carbocycles. The summed E-state index contributed by atoms with van der Waals surface area (Å²) >= 11 is 0. The monoisotopic (exact) mass is 225 g/mol. The first-order chi connectivity index (χ1) is 7.59. The normalized spacial score (nSPS) is 14.5. The lowest BCUT2D eigenvalue weighted by atomic mass is 10.2. The number of fused-ring (bicyclic) bond motifs is 1. The average molecular weight is 225 g/mol. The molecule has 0 unspecified atom stereocenters. The molecule has 7 heteroatoms. The van der Waals surface area contributed by atoms with Gasteiger partial charge in [-0.1, -0.05) is 0 Å². The number of aryl methyl sites for hydroxylation is 1. The Morgan fingerprint density at radius 1 is 1.56 bits per heavy atom. The van der Waals surface area contributed by atoms with Crippen LogP contribution < -0.4 is 0 Å². The SMILES string of the molecule is O=C(O)Cc1nc2n(c1[N+](=O)[O-])CCCC2. The molecule has 0 spiro atoms. The minimum atomic E-state index is -1.10. The number of aliphatic carboxylic acids is 1. The van der Waals surface area contributed by atoms with Crippen molar-refractivity contribution in [3.63, 3.8) is 0 Å². The Bertz CT molecular complexity index is 452. The second kappa shape index (κ2) is 3.92. The third-order valence-corrected chi connectivity index (χ3v) is 2.61. The molecule has 1 aliphatic heterocycles. The third-order valence-electron chi connectivity index (χ3n) is 2.61. The van der Waals surface area contributed by atoms with Gasteiger partial charge >= 0.3 is 11.8 Å². The van der Waals surface area contributed by atoms with E-state index in [-0.39, 0.29) is 11.5 Å². The number of aromatic nitrogens is 2. The van der Waals surface area contributed by atoms with E-state index in [9.17, 15) is 14.9 Å². The first kappa shape index (κ1) is 10.6. The van der Waals surface area contributed by atoms with E-state index < -0.39 is 17.3 Å². The Labute approximate surface area is 90.9 Å². The first-order valence-electron chi connectivity index (χ1n) is 5.04. The van der Waals surface area contributed by atoms with Crippen molar-refractivity contribution in [2.45, 2.75) is 32.2 Å². The van der Waals surface area contributed by atoms with Crippen molar-refractivity contribution in [2.24, 2.45) is 0 Å². The molecule has 2 rings (SSSR count). The number of rotatable bonds is 3. The molecule has 7 nitrogen and oxygen atoms in total. The predicted molar refractivity (Wildman–Crippen MR) is 53.2 cm³/mol. The standard InChI is InChI=1S/C9H11N3O4/c13-8(14)5-6-9(12(15)16)11-4-2-1-3-7(11)10-6/h1-5H2,(H,13,14). The van der Waals surface area contributed by atoms with E-state index >= 15 is 0 Å². The van der Waals surface area contributed by atoms with Crippen molar-refractivity contribution in [1.82, 2.24) is 9.55 Å². The predicted octanol–water partition coefficient (Wildman–Crippen LogP) is 0.755. The van der Waals surface area contributed by atoms with E-state index in [4.69, 9.17) is 5.11 Å². The summed E-state index contributed by atoms with van der Waals surface area (Å²) in [5, 5.41) is 19.6. The number of nitro groups is 1. The van der Waals surface area contributed by atoms with Crippen LogP contribution in [-0.4, -0.2) is 25.6 Å². The van der Waals surface area contributed by atoms with Crippen LogP contribution >= 0.6 is 0 Å². The van der Waals surface area contributed by atoms with Gasteiger partial charge in [-0.05, 0) is 17.8 Å². The summed E-state index contributed by atoms with van der Waals surface area (Å²) in [6.07, 6.45) is 2.11. The fourth-order valence-corrected chi connectivity index (χ4v) is 1.99. The summed E-state index contributed by atoms with van der Waals surface area (Å²) in [5.74, 6) is -0.621. The van der Waals surface area contributed by atoms with Gasteiger partial charge in [-0.3, -0.25) is 4.79 Å². The molecule has 0 bridgehead atoms. The molecule has 1 aromatic heterocycles. The lowest BCUT2D eigenvalue weighted by Crippen LogP contribution is -2.12. The fourth-order valence-electron chi connectivity index (χ4n) is 1.99. The van der Waals surface area contributed by atoms with Crippen molar-refractivity contribution in [1.29, 1.82) is 0 Å². The highest BCUT2D eigenvalue weighted by molar-refractivity contribution is 5.70. The van der Waals surface area contributed by atoms with Crippen LogP contribution in [0.25, 0.3) is 0 Å². The van der Waals surface area contributed by atoms with Crippen LogP contribution in [0.2, 0.25) is 0 Å². The maximum absolute atomic E-state index is 10.9. The van der Waals surface area contributed by atoms with Crippen molar-refractivity contribution in [3.8, 4) is 0 Å². The van der Waals surface area contributed by atoms with Gasteiger partial charge in [0.15, 0.2) is 5.82 Å². The maximum atomic E-state index is 10.9. The van der Waals surface area contributed by atoms with Crippen LogP contribution in [0.15, 0.2) is 0 Å². The van der Waals surface area contributed by atoms with Gasteiger partial charge in [0.1, 0.15) is 5.69 Å². The van der Waals surface area contributed by atoms with E-state index in [2.05, 4.69) is 4.98 Å². The third kappa shape index (κ3) is 1.75. The summed E-state index contributed by atoms with van der Waals surface area (Å²) in [4.78, 5) is 25.0. The Morgan fingerprint density at radius 3 is 2.94 bits per heavy atom. The molecule has 0 fully saturated rings. The second-order valence-corrected chi connectivity index (χ2v) is 3.73. The highest BCUT2D eigenvalue weighted by Gasteiger charge is 2.29. The topological polar surface area (TPSA) is 98.3 Å². The molecule has 0 saturated heterocycles. The van der Waals surface area contributed by atoms with Gasteiger partial charge in [0.2, 0.25) is 0 Å². The summed E-state index contributed by atoms with van der Waals surface area (Å²) in [7, 11) is 0. The quantitative estimate of drug-likeness (QED) is 0.604. The summed E-state index contributed by atoms with van der Waals surface area (Å²) in [6, 6.07) is 0. The second-order valence-electron chi connectivity index (χ2n) is 3.73. The Kier molecular flexibility index (Phi) is 2.59. The molecule has 1 aromatic rings. The summed E-state index contributed by atoms with van der Waals surface area (Å²) in [6.45, 7) is 0.554. The van der Waals surface area contributed by atoms with Crippen LogP contribution in [0, 0.1) is 10.1 Å². The molecule has 2 heterocycles. The summed E-state index contributed by atoms with van der Waals surface area (Å²) < 4.78 is 1.53. The van der Waals surface area contributed by atoms with E-state index in [1.807, 2.05) is 0 Å². The Hall–Kier alpha value is -1.92. The average Bonchev–Trinajstić information content (AvgIpc) is 2.53. The van der Waals surface area contributed by atoms with Gasteiger partial charge in [-0.15, -0.1) is 0 Å². The molecule has 0 amide bonds. The molecule has 0 radical (unpaired) electrons. The van der Waals surface area contributed by atoms with Gasteiger partial charge in [0, 0.05) is 6.42 Å². The van der Waals surface area contributed by atoms with E-state index in [1.165, 1.54) is 4.57 Å². The summed E-state index contributed by atoms with van der Waals surface area (Å²) in [5.41, 5.74) is 0.0643. The zero-order valence-corrected chi connectivity index (χ0v) is 8.55. The van der Waals surface area contributed by atoms with E-state index in [1.54, 1.807) is 0 Å². The largest absolute Gasteiger partial charge is 0.481 e. The minimum absolute atomic E-state index is 0.0643. The van der Waals surface area contributed by atoms with Crippen molar-refractivity contribution in [3.05, 3.63) is 21.6 Å². The molecule has 1 aliphatic rings. The molecule has 0 aliphatic carbocycles. The number of hydrogen-bond acceptors (Lipinski definition) is 4. The van der Waals surface area contributed by atoms with E-state index in [0.29, 0.717) is 18.8 Å². The van der Waals surface area contributed by atoms with Gasteiger partial charge in [-0.25, -0.2) is 9.55 Å². The lowest BCUT2D eigenvalue weighted by Gasteiger charge is -2.08. The lowest BCUT2D eigenvalue weighted by molar-refractivity contribution is -0.393. The molecular weight excluding hydrogens is 214 g/mol. The van der Waals surface area contributed by atoms with Crippen molar-refractivity contribution < 1.29 is 14.8 Å². The maximum Gasteiger partial charge on any atom is 0.346 e. The number of nitrogens with zero attached hydrogens (tertiary/aromatic N) is 3. The molecule has 0 atom stereocenters. The van der Waals surface area contributed by atoms with Gasteiger partial charge in [-0.2, -0.15) is 0 Å². The number of carbonyl (C=O) groups is 1. The molecule has 1 N–H and O–H groups in total. The minimum Gasteiger partial charge on any atom is -0.481 e. The fraction of sp³-hybridized carbons (Fsp3) is 0.556. The van der Waals surface area contributed by atoms with Gasteiger partial charge in [0.25, 0.3) is 0 Å². The van der Waals surface area contributed by atoms with Gasteiger partial charge in [0.05, 0.1) is 13.0 Å². The highest BCUT2D eigenvalue weighted by Crippen LogP contribution is 2.26. The van der Waals surface area contributed by atoms with Crippen molar-refractivity contribution >= 4 is 11.8 Å². The van der Waals surface area contributed by atoms with Crippen LogP contribution in [0.4, 0.5) is 5.82 Å². The van der Waals surface area contributed by atoms with Crippen LogP contribution in [0.5, 0.6) is 0 Å². The van der Waals surface area contributed by atoms with Crippen LogP contribution in [0.3, 0.4) is 0 Å². The highest BCUT2D eigenvalue weighted by atomic mass is 16.6. The van der Waals surface area contributed by atoms with Crippen molar-refractivity contribution in [2.75, 3.05) is 0 Å². The Balaban J connectivity index is 2.47. The number of imidazole rings is 1.